The minimum absolute atomic E-state index is 0.0236. The average molecular weight is 490 g/mol. The van der Waals surface area contributed by atoms with Gasteiger partial charge in [-0.1, -0.05) is 35.9 Å². The molecule has 0 saturated heterocycles. The summed E-state index contributed by atoms with van der Waals surface area (Å²) in [6, 6.07) is 7.26. The molecule has 0 amide bonds. The molecule has 2 N–H and O–H groups in total. The fourth-order valence-electron chi connectivity index (χ4n) is 3.50. The van der Waals surface area contributed by atoms with E-state index < -0.39 is 12.0 Å². The lowest BCUT2D eigenvalue weighted by Gasteiger charge is -2.27. The quantitative estimate of drug-likeness (QED) is 0.514. The topological polar surface area (TPSA) is 90.9 Å². The van der Waals surface area contributed by atoms with Gasteiger partial charge in [-0.25, -0.2) is 9.78 Å². The van der Waals surface area contributed by atoms with Gasteiger partial charge in [0.1, 0.15) is 0 Å². The molecule has 3 rings (SSSR count). The van der Waals surface area contributed by atoms with E-state index in [-0.39, 0.29) is 17.7 Å². The summed E-state index contributed by atoms with van der Waals surface area (Å²) in [4.78, 5) is 16.3. The van der Waals surface area contributed by atoms with Crippen LogP contribution < -0.4 is 5.32 Å². The van der Waals surface area contributed by atoms with Crippen molar-refractivity contribution in [2.75, 3.05) is 5.32 Å². The Bertz CT molecular complexity index is 1080. The van der Waals surface area contributed by atoms with Gasteiger partial charge < -0.3 is 15.0 Å². The number of halogens is 2. The number of hydrogen-bond acceptors (Lipinski definition) is 4. The molecule has 2 atom stereocenters. The number of imidazole rings is 1. The van der Waals surface area contributed by atoms with Gasteiger partial charge in [0.2, 0.25) is 0 Å². The number of carbonyl (C=O) groups is 1. The van der Waals surface area contributed by atoms with Crippen molar-refractivity contribution in [3.05, 3.63) is 68.7 Å². The normalized spacial score (nSPS) is 16.8. The lowest BCUT2D eigenvalue weighted by Crippen LogP contribution is -2.22. The Morgan fingerprint density at radius 1 is 1.47 bits per heavy atom. The van der Waals surface area contributed by atoms with Crippen LogP contribution in [0.15, 0.2) is 46.7 Å². The van der Waals surface area contributed by atoms with E-state index in [1.807, 2.05) is 61.8 Å². The van der Waals surface area contributed by atoms with E-state index in [9.17, 15) is 15.2 Å². The molecular weight excluding hydrogens is 468 g/mol. The number of nitrogens with one attached hydrogen (secondary N) is 1. The van der Waals surface area contributed by atoms with Gasteiger partial charge in [-0.2, -0.15) is 5.26 Å². The molecule has 1 aliphatic rings. The van der Waals surface area contributed by atoms with Crippen LogP contribution in [0.4, 0.5) is 5.69 Å². The molecular formula is C22H22BrClN4O2. The first kappa shape index (κ1) is 22.1. The Balaban J connectivity index is 2.20. The van der Waals surface area contributed by atoms with Crippen molar-refractivity contribution in [3.63, 3.8) is 0 Å². The largest absolute Gasteiger partial charge is 0.476 e. The highest BCUT2D eigenvalue weighted by atomic mass is 79.9. The molecule has 1 heterocycles. The first-order valence-electron chi connectivity index (χ1n) is 9.54. The summed E-state index contributed by atoms with van der Waals surface area (Å²) >= 11 is 9.63. The maximum atomic E-state index is 12.0. The number of allylic oxidation sites excluding steroid dienone is 2. The van der Waals surface area contributed by atoms with Crippen LogP contribution in [-0.4, -0.2) is 20.6 Å². The highest BCUT2D eigenvalue weighted by Crippen LogP contribution is 2.37. The summed E-state index contributed by atoms with van der Waals surface area (Å²) in [6.45, 7) is 5.90. The molecule has 0 spiro atoms. The number of nitrogens with zero attached hydrogens (tertiary/aromatic N) is 3. The Labute approximate surface area is 189 Å². The maximum Gasteiger partial charge on any atom is 0.356 e. The number of aromatic carboxylic acids is 1. The minimum Gasteiger partial charge on any atom is -0.476 e. The fourth-order valence-corrected chi connectivity index (χ4v) is 4.45. The summed E-state index contributed by atoms with van der Waals surface area (Å²) in [5.41, 5.74) is 3.16. The molecule has 30 heavy (non-hydrogen) atoms. The van der Waals surface area contributed by atoms with Crippen LogP contribution in [0.5, 0.6) is 0 Å². The molecule has 1 aliphatic carbocycles. The van der Waals surface area contributed by atoms with Crippen LogP contribution >= 0.6 is 27.5 Å². The SMILES string of the molecule is Cc1ccc(Cl)cc1NC(C1=CCC(C#N)C=C1)c1c(C(=O)O)nc(Br)n1C(C)C. The molecule has 8 heteroatoms. The third kappa shape index (κ3) is 4.45. The number of anilines is 1. The molecule has 2 unspecified atom stereocenters. The van der Waals surface area contributed by atoms with E-state index in [0.29, 0.717) is 21.9 Å². The zero-order chi connectivity index (χ0) is 22.0. The minimum atomic E-state index is -1.10. The molecule has 156 valence electrons. The monoisotopic (exact) mass is 488 g/mol. The van der Waals surface area contributed by atoms with Crippen molar-refractivity contribution >= 4 is 39.2 Å². The summed E-state index contributed by atoms with van der Waals surface area (Å²) in [7, 11) is 0. The van der Waals surface area contributed by atoms with Gasteiger partial charge in [-0.15, -0.1) is 0 Å². The van der Waals surface area contributed by atoms with Crippen LogP contribution in [-0.2, 0) is 0 Å². The second-order valence-electron chi connectivity index (χ2n) is 7.45. The van der Waals surface area contributed by atoms with Gasteiger partial charge in [0.05, 0.1) is 23.7 Å². The smallest absolute Gasteiger partial charge is 0.356 e. The third-order valence-corrected chi connectivity index (χ3v) is 5.82. The molecule has 0 aliphatic heterocycles. The molecule has 0 radical (unpaired) electrons. The van der Waals surface area contributed by atoms with Gasteiger partial charge in [0.15, 0.2) is 10.4 Å². The first-order chi connectivity index (χ1) is 14.2. The summed E-state index contributed by atoms with van der Waals surface area (Å²) in [6.07, 6.45) is 6.27. The number of rotatable bonds is 6. The van der Waals surface area contributed by atoms with Gasteiger partial charge in [-0.05, 0) is 66.4 Å². The number of carboxylic acids is 1. The van der Waals surface area contributed by atoms with E-state index in [1.165, 1.54) is 0 Å². The molecule has 1 aromatic heterocycles. The van der Waals surface area contributed by atoms with Crippen LogP contribution in [0, 0.1) is 24.2 Å². The molecule has 0 bridgehead atoms. The summed E-state index contributed by atoms with van der Waals surface area (Å²) < 4.78 is 2.32. The van der Waals surface area contributed by atoms with Crippen molar-refractivity contribution in [2.45, 2.75) is 39.3 Å². The van der Waals surface area contributed by atoms with Gasteiger partial charge >= 0.3 is 5.97 Å². The van der Waals surface area contributed by atoms with Crippen LogP contribution in [0.25, 0.3) is 0 Å². The Kier molecular flexibility index (Phi) is 6.69. The van der Waals surface area contributed by atoms with E-state index in [0.717, 1.165) is 16.8 Å². The molecule has 1 aromatic carbocycles. The molecule has 2 aromatic rings. The standard InChI is InChI=1S/C22H22BrClN4O2/c1-12(2)28-20(19(21(29)30)27-22(28)23)18(15-7-5-14(11-25)6-8-15)26-17-10-16(24)9-4-13(17)3/h4-5,7-10,12,14,18,26H,6H2,1-3H3,(H,29,30). The van der Waals surface area contributed by atoms with E-state index in [4.69, 9.17) is 11.6 Å². The predicted molar refractivity (Wildman–Crippen MR) is 121 cm³/mol. The number of hydrogen-bond donors (Lipinski definition) is 2. The first-order valence-corrected chi connectivity index (χ1v) is 10.7. The second kappa shape index (κ2) is 9.07. The Morgan fingerprint density at radius 3 is 2.77 bits per heavy atom. The lowest BCUT2D eigenvalue weighted by atomic mass is 9.91. The maximum absolute atomic E-state index is 12.0. The number of carboxylic acid groups (broad SMARTS) is 1. The molecule has 6 nitrogen and oxygen atoms in total. The zero-order valence-corrected chi connectivity index (χ0v) is 19.2. The third-order valence-electron chi connectivity index (χ3n) is 5.02. The van der Waals surface area contributed by atoms with Gasteiger partial charge in [-0.3, -0.25) is 0 Å². The van der Waals surface area contributed by atoms with Gasteiger partial charge in [0.25, 0.3) is 0 Å². The Morgan fingerprint density at radius 2 is 2.20 bits per heavy atom. The zero-order valence-electron chi connectivity index (χ0n) is 16.9. The van der Waals surface area contributed by atoms with Crippen LogP contribution in [0.3, 0.4) is 0 Å². The average Bonchev–Trinajstić information content (AvgIpc) is 3.06. The predicted octanol–water partition coefficient (Wildman–Crippen LogP) is 6.07. The number of benzene rings is 1. The number of aryl methyl sites for hydroxylation is 1. The van der Waals surface area contributed by atoms with E-state index in [1.54, 1.807) is 0 Å². The number of nitriles is 1. The highest BCUT2D eigenvalue weighted by Gasteiger charge is 2.31. The van der Waals surface area contributed by atoms with Crippen molar-refractivity contribution in [1.82, 2.24) is 9.55 Å². The summed E-state index contributed by atoms with van der Waals surface area (Å²) in [5.74, 6) is -1.29. The van der Waals surface area contributed by atoms with Crippen LogP contribution in [0.2, 0.25) is 5.02 Å². The van der Waals surface area contributed by atoms with Crippen molar-refractivity contribution < 1.29 is 9.90 Å². The second-order valence-corrected chi connectivity index (χ2v) is 8.60. The van der Waals surface area contributed by atoms with Gasteiger partial charge in [0, 0.05) is 16.8 Å². The van der Waals surface area contributed by atoms with Crippen molar-refractivity contribution in [3.8, 4) is 6.07 Å². The van der Waals surface area contributed by atoms with Crippen molar-refractivity contribution in [2.24, 2.45) is 5.92 Å². The fraction of sp³-hybridized carbons (Fsp3) is 0.318. The highest BCUT2D eigenvalue weighted by molar-refractivity contribution is 9.10. The van der Waals surface area contributed by atoms with Crippen LogP contribution in [0.1, 0.15) is 54.1 Å². The van der Waals surface area contributed by atoms with E-state index >= 15 is 0 Å². The lowest BCUT2D eigenvalue weighted by molar-refractivity contribution is 0.0689. The molecule has 0 fully saturated rings. The Hall–Kier alpha value is -2.56. The number of aromatic nitrogens is 2. The van der Waals surface area contributed by atoms with Crippen molar-refractivity contribution in [1.29, 1.82) is 5.26 Å². The summed E-state index contributed by atoms with van der Waals surface area (Å²) in [5, 5.41) is 23.1. The van der Waals surface area contributed by atoms with E-state index in [2.05, 4.69) is 32.3 Å². The molecule has 0 saturated carbocycles.